The van der Waals surface area contributed by atoms with E-state index >= 15 is 0 Å². The van der Waals surface area contributed by atoms with Crippen molar-refractivity contribution in [2.24, 2.45) is 5.73 Å². The third-order valence-corrected chi connectivity index (χ3v) is 8.25. The van der Waals surface area contributed by atoms with Crippen LogP contribution in [0.15, 0.2) is 27.9 Å². The van der Waals surface area contributed by atoms with Gasteiger partial charge in [0.1, 0.15) is 6.61 Å². The lowest BCUT2D eigenvalue weighted by Crippen LogP contribution is -2.44. The molecule has 2 aromatic heterocycles. The van der Waals surface area contributed by atoms with Gasteiger partial charge in [0.15, 0.2) is 5.60 Å². The highest BCUT2D eigenvalue weighted by Crippen LogP contribution is 2.48. The smallest absolute Gasteiger partial charge is 0.343 e. The number of rotatable bonds is 1. The number of halogens is 1. The number of carbonyl (C=O) groups is 1. The number of nitrogens with two attached hydrogens (primary N) is 1. The number of hydrogen-bond acceptors (Lipinski definition) is 7. The summed E-state index contributed by atoms with van der Waals surface area (Å²) in [4.78, 5) is 31.5. The molecule has 3 aliphatic heterocycles. The van der Waals surface area contributed by atoms with Crippen molar-refractivity contribution in [3.63, 3.8) is 0 Å². The molecule has 1 aromatic carbocycles. The van der Waals surface area contributed by atoms with Crippen LogP contribution in [0.1, 0.15) is 41.6 Å². The molecule has 0 saturated heterocycles. The lowest BCUT2D eigenvalue weighted by atomic mass is 9.86. The van der Waals surface area contributed by atoms with E-state index in [1.54, 1.807) is 29.3 Å². The number of fused-ring (bicyclic) bond motifs is 5. The van der Waals surface area contributed by atoms with E-state index in [9.17, 15) is 14.7 Å². The van der Waals surface area contributed by atoms with Crippen LogP contribution in [0.2, 0.25) is 5.02 Å². The van der Waals surface area contributed by atoms with Crippen LogP contribution < -0.4 is 11.3 Å². The maximum atomic E-state index is 13.4. The molecule has 0 saturated carbocycles. The lowest BCUT2D eigenvalue weighted by molar-refractivity contribution is -0.172. The summed E-state index contributed by atoms with van der Waals surface area (Å²) >= 11 is 8.07. The first kappa shape index (κ1) is 19.3. The minimum Gasteiger partial charge on any atom is -0.458 e. The summed E-state index contributed by atoms with van der Waals surface area (Å²) in [7, 11) is 0. The number of benzene rings is 1. The van der Waals surface area contributed by atoms with Crippen LogP contribution in [0.3, 0.4) is 0 Å². The molecule has 0 amide bonds. The van der Waals surface area contributed by atoms with E-state index in [0.717, 1.165) is 26.9 Å². The molecule has 9 heteroatoms. The predicted molar refractivity (Wildman–Crippen MR) is 117 cm³/mol. The second kappa shape index (κ2) is 6.32. The van der Waals surface area contributed by atoms with Crippen LogP contribution >= 0.6 is 23.4 Å². The van der Waals surface area contributed by atoms with Crippen molar-refractivity contribution < 1.29 is 14.6 Å². The number of aromatic nitrogens is 2. The summed E-state index contributed by atoms with van der Waals surface area (Å²) in [6.45, 7) is 1.87. The first-order valence-corrected chi connectivity index (χ1v) is 11.4. The molecule has 31 heavy (non-hydrogen) atoms. The van der Waals surface area contributed by atoms with E-state index < -0.39 is 11.6 Å². The van der Waals surface area contributed by atoms with E-state index in [1.807, 2.05) is 12.1 Å². The number of hydrogen-bond donors (Lipinski definition) is 2. The zero-order chi connectivity index (χ0) is 21.7. The Morgan fingerprint density at radius 2 is 2.19 bits per heavy atom. The van der Waals surface area contributed by atoms with Crippen molar-refractivity contribution in [1.29, 1.82) is 0 Å². The molecule has 0 bridgehead atoms. The van der Waals surface area contributed by atoms with Crippen LogP contribution in [0.4, 0.5) is 0 Å². The van der Waals surface area contributed by atoms with Crippen LogP contribution in [-0.4, -0.2) is 26.4 Å². The molecule has 2 atom stereocenters. The van der Waals surface area contributed by atoms with Crippen molar-refractivity contribution in [2.75, 3.05) is 5.75 Å². The highest BCUT2D eigenvalue weighted by Gasteiger charge is 2.45. The van der Waals surface area contributed by atoms with E-state index in [0.29, 0.717) is 39.8 Å². The number of nitrogens with zero attached hydrogens (tertiary/aromatic N) is 2. The summed E-state index contributed by atoms with van der Waals surface area (Å²) in [5.41, 5.74) is 8.89. The van der Waals surface area contributed by atoms with Crippen LogP contribution in [0.5, 0.6) is 0 Å². The summed E-state index contributed by atoms with van der Waals surface area (Å²) in [6, 6.07) is 5.19. The standard InChI is InChI=1S/C22H18ClN3O4S/c1-2-22(29)11-5-15-18-9(6-26(15)20(27)10(11)7-30-21(22)28)16-13(24)8-31-19-12(23)3-4-14(25-18)17(16)19/h3-5,13,29H,2,6-8,24H2,1H3. The molecule has 3 N–H and O–H groups in total. The van der Waals surface area contributed by atoms with Crippen molar-refractivity contribution in [3.05, 3.63) is 55.8 Å². The average Bonchev–Trinajstić information content (AvgIpc) is 3.13. The van der Waals surface area contributed by atoms with Gasteiger partial charge >= 0.3 is 5.97 Å². The molecular formula is C22H18ClN3O4S. The van der Waals surface area contributed by atoms with Gasteiger partial charge in [0.2, 0.25) is 0 Å². The number of thioether (sulfide) groups is 1. The van der Waals surface area contributed by atoms with Gasteiger partial charge in [-0.25, -0.2) is 9.78 Å². The SMILES string of the molecule is CCC1(O)C(=O)OCc2c1cc1n(c2=O)Cc2c-1nc1ccc(Cl)c3c1c2C(N)CS3. The second-order valence-corrected chi connectivity index (χ2v) is 9.58. The van der Waals surface area contributed by atoms with Crippen LogP contribution in [-0.2, 0) is 28.3 Å². The average molecular weight is 456 g/mol. The summed E-state index contributed by atoms with van der Waals surface area (Å²) < 4.78 is 6.77. The Morgan fingerprint density at radius 1 is 1.39 bits per heavy atom. The molecule has 0 fully saturated rings. The predicted octanol–water partition coefficient (Wildman–Crippen LogP) is 2.84. The van der Waals surface area contributed by atoms with Crippen molar-refractivity contribution >= 4 is 40.2 Å². The van der Waals surface area contributed by atoms with Gasteiger partial charge < -0.3 is 20.1 Å². The fourth-order valence-corrected chi connectivity index (χ4v) is 6.36. The number of pyridine rings is 2. The van der Waals surface area contributed by atoms with E-state index in [-0.39, 0.29) is 24.6 Å². The fourth-order valence-electron chi connectivity index (χ4n) is 4.96. The molecule has 5 heterocycles. The van der Waals surface area contributed by atoms with Crippen LogP contribution in [0.25, 0.3) is 22.3 Å². The zero-order valence-electron chi connectivity index (χ0n) is 16.6. The third kappa shape index (κ3) is 2.36. The first-order valence-electron chi connectivity index (χ1n) is 10.1. The monoisotopic (exact) mass is 455 g/mol. The van der Waals surface area contributed by atoms with Gasteiger partial charge in [-0.2, -0.15) is 0 Å². The van der Waals surface area contributed by atoms with Crippen molar-refractivity contribution in [2.45, 2.75) is 43.0 Å². The van der Waals surface area contributed by atoms with Gasteiger partial charge in [-0.05, 0) is 30.2 Å². The van der Waals surface area contributed by atoms with Crippen molar-refractivity contribution in [1.82, 2.24) is 9.55 Å². The van der Waals surface area contributed by atoms with E-state index in [1.165, 1.54) is 0 Å². The quantitative estimate of drug-likeness (QED) is 0.425. The third-order valence-electron chi connectivity index (χ3n) is 6.58. The Balaban J connectivity index is 1.69. The van der Waals surface area contributed by atoms with Gasteiger partial charge in [-0.15, -0.1) is 11.8 Å². The van der Waals surface area contributed by atoms with Gasteiger partial charge in [-0.3, -0.25) is 4.79 Å². The fraction of sp³-hybridized carbons (Fsp3) is 0.318. The molecule has 0 aliphatic carbocycles. The second-order valence-electron chi connectivity index (χ2n) is 8.14. The van der Waals surface area contributed by atoms with Crippen LogP contribution in [0, 0.1) is 0 Å². The molecule has 158 valence electrons. The largest absolute Gasteiger partial charge is 0.458 e. The number of esters is 1. The van der Waals surface area contributed by atoms with E-state index in [4.69, 9.17) is 27.1 Å². The minimum absolute atomic E-state index is 0.106. The highest BCUT2D eigenvalue weighted by molar-refractivity contribution is 7.99. The van der Waals surface area contributed by atoms with Gasteiger partial charge in [-0.1, -0.05) is 18.5 Å². The molecule has 0 radical (unpaired) electrons. The Hall–Kier alpha value is -2.39. The molecular weight excluding hydrogens is 438 g/mol. The zero-order valence-corrected chi connectivity index (χ0v) is 18.1. The molecule has 3 aromatic rings. The topological polar surface area (TPSA) is 107 Å². The van der Waals surface area contributed by atoms with E-state index in [2.05, 4.69) is 0 Å². The lowest BCUT2D eigenvalue weighted by Gasteiger charge is -2.31. The first-order chi connectivity index (χ1) is 14.8. The number of aliphatic hydroxyl groups is 1. The maximum absolute atomic E-state index is 13.4. The molecule has 7 nitrogen and oxygen atoms in total. The normalized spacial score (nSPS) is 23.4. The molecule has 6 rings (SSSR count). The minimum atomic E-state index is -1.84. The number of cyclic esters (lactones) is 1. The molecule has 0 spiro atoms. The summed E-state index contributed by atoms with van der Waals surface area (Å²) in [5, 5.41) is 12.6. The van der Waals surface area contributed by atoms with Gasteiger partial charge in [0.05, 0.1) is 34.0 Å². The Labute approximate surface area is 186 Å². The molecule has 3 aliphatic rings. The summed E-state index contributed by atoms with van der Waals surface area (Å²) in [6.07, 6.45) is 0.106. The van der Waals surface area contributed by atoms with Gasteiger partial charge in [0, 0.05) is 33.2 Å². The highest BCUT2D eigenvalue weighted by atomic mass is 35.5. The maximum Gasteiger partial charge on any atom is 0.343 e. The number of carbonyl (C=O) groups excluding carboxylic acids is 1. The Kier molecular flexibility index (Phi) is 3.94. The Morgan fingerprint density at radius 3 is 2.97 bits per heavy atom. The number of ether oxygens (including phenoxy) is 1. The van der Waals surface area contributed by atoms with Crippen molar-refractivity contribution in [3.8, 4) is 11.4 Å². The molecule has 2 unspecified atom stereocenters. The van der Waals surface area contributed by atoms with Gasteiger partial charge in [0.25, 0.3) is 5.56 Å². The summed E-state index contributed by atoms with van der Waals surface area (Å²) in [5.74, 6) is -0.0490. The Bertz CT molecular complexity index is 1400.